The minimum atomic E-state index is 0.213. The van der Waals surface area contributed by atoms with E-state index in [0.717, 1.165) is 40.3 Å². The summed E-state index contributed by atoms with van der Waals surface area (Å²) in [5.74, 6) is 1.25. The number of fused-ring (bicyclic) bond motifs is 1. The minimum Gasteiger partial charge on any atom is -0.342 e. The van der Waals surface area contributed by atoms with Crippen LogP contribution in [0.25, 0.3) is 21.3 Å². The van der Waals surface area contributed by atoms with Gasteiger partial charge in [0.25, 0.3) is 0 Å². The first-order valence-electron chi connectivity index (χ1n) is 9.31. The summed E-state index contributed by atoms with van der Waals surface area (Å²) in [4.78, 5) is 24.6. The molecule has 1 saturated heterocycles. The second-order valence-corrected chi connectivity index (χ2v) is 9.07. The molecule has 6 heteroatoms. The molecule has 140 valence electrons. The number of amides is 1. The lowest BCUT2D eigenvalue weighted by Crippen LogP contribution is -2.40. The third kappa shape index (κ3) is 4.01. The molecule has 0 bridgehead atoms. The third-order valence-corrected chi connectivity index (χ3v) is 6.90. The monoisotopic (exact) mass is 397 g/mol. The van der Waals surface area contributed by atoms with Crippen LogP contribution in [0.2, 0.25) is 0 Å². The molecule has 1 fully saturated rings. The first-order chi connectivity index (χ1) is 13.1. The van der Waals surface area contributed by atoms with Crippen LogP contribution in [0.4, 0.5) is 0 Å². The van der Waals surface area contributed by atoms with Crippen molar-refractivity contribution >= 4 is 39.2 Å². The summed E-state index contributed by atoms with van der Waals surface area (Å²) < 4.78 is 0. The SMILES string of the molecule is Cc1ccc(-c2csc3ncnc(SCC(=O)N4CCCC(C)C4)c23)cc1. The Kier molecular flexibility index (Phi) is 5.45. The molecule has 0 radical (unpaired) electrons. The highest BCUT2D eigenvalue weighted by atomic mass is 32.2. The van der Waals surface area contributed by atoms with Crippen molar-refractivity contribution in [3.05, 3.63) is 41.5 Å². The van der Waals surface area contributed by atoms with Crippen LogP contribution in [0.15, 0.2) is 41.0 Å². The van der Waals surface area contributed by atoms with Gasteiger partial charge in [-0.1, -0.05) is 48.5 Å². The molecule has 4 nitrogen and oxygen atoms in total. The smallest absolute Gasteiger partial charge is 0.232 e. The number of rotatable bonds is 4. The number of nitrogens with zero attached hydrogens (tertiary/aromatic N) is 3. The number of hydrogen-bond donors (Lipinski definition) is 0. The van der Waals surface area contributed by atoms with Gasteiger partial charge in [-0.3, -0.25) is 4.79 Å². The molecule has 0 N–H and O–H groups in total. The van der Waals surface area contributed by atoms with Gasteiger partial charge in [-0.15, -0.1) is 11.3 Å². The number of thioether (sulfide) groups is 1. The van der Waals surface area contributed by atoms with Gasteiger partial charge >= 0.3 is 0 Å². The molecule has 27 heavy (non-hydrogen) atoms. The van der Waals surface area contributed by atoms with Crippen molar-refractivity contribution in [3.8, 4) is 11.1 Å². The molecule has 0 aliphatic carbocycles. The Morgan fingerprint density at radius 3 is 2.89 bits per heavy atom. The van der Waals surface area contributed by atoms with Crippen molar-refractivity contribution in [2.45, 2.75) is 31.7 Å². The lowest BCUT2D eigenvalue weighted by molar-refractivity contribution is -0.130. The van der Waals surface area contributed by atoms with E-state index in [0.29, 0.717) is 11.7 Å². The predicted octanol–water partition coefficient (Wildman–Crippen LogP) is 5.02. The fraction of sp³-hybridized carbons (Fsp3) is 0.381. The second kappa shape index (κ2) is 7.98. The molecule has 1 amide bonds. The zero-order chi connectivity index (χ0) is 18.8. The highest BCUT2D eigenvalue weighted by Gasteiger charge is 2.22. The molecule has 1 aliphatic heterocycles. The molecule has 0 saturated carbocycles. The van der Waals surface area contributed by atoms with Crippen LogP contribution >= 0.6 is 23.1 Å². The maximum absolute atomic E-state index is 12.6. The van der Waals surface area contributed by atoms with Crippen molar-refractivity contribution < 1.29 is 4.79 Å². The minimum absolute atomic E-state index is 0.213. The predicted molar refractivity (Wildman–Crippen MR) is 113 cm³/mol. The first-order valence-corrected chi connectivity index (χ1v) is 11.2. The quantitative estimate of drug-likeness (QED) is 0.458. The van der Waals surface area contributed by atoms with Gasteiger partial charge in [0.2, 0.25) is 5.91 Å². The molecular formula is C21H23N3OS2. The van der Waals surface area contributed by atoms with E-state index in [1.165, 1.54) is 29.3 Å². The van der Waals surface area contributed by atoms with Gasteiger partial charge in [0.15, 0.2) is 0 Å². The van der Waals surface area contributed by atoms with E-state index >= 15 is 0 Å². The van der Waals surface area contributed by atoms with Crippen LogP contribution in [-0.2, 0) is 4.79 Å². The van der Waals surface area contributed by atoms with E-state index in [1.807, 2.05) is 4.90 Å². The topological polar surface area (TPSA) is 46.1 Å². The molecule has 0 spiro atoms. The van der Waals surface area contributed by atoms with Crippen molar-refractivity contribution in [2.75, 3.05) is 18.8 Å². The standard InChI is InChI=1S/C21H23N3OS2/c1-14-5-7-16(8-6-14)17-11-26-20-19(17)21(23-13-22-20)27-12-18(25)24-9-3-4-15(2)10-24/h5-8,11,13,15H,3-4,9-10,12H2,1-2H3. The number of carbonyl (C=O) groups excluding carboxylic acids is 1. The van der Waals surface area contributed by atoms with E-state index in [-0.39, 0.29) is 5.91 Å². The Morgan fingerprint density at radius 1 is 1.30 bits per heavy atom. The fourth-order valence-electron chi connectivity index (χ4n) is 3.54. The molecule has 3 heterocycles. The summed E-state index contributed by atoms with van der Waals surface area (Å²) in [5, 5.41) is 4.11. The van der Waals surface area contributed by atoms with Crippen molar-refractivity contribution in [1.29, 1.82) is 0 Å². The van der Waals surface area contributed by atoms with Crippen LogP contribution in [0.3, 0.4) is 0 Å². The number of piperidine rings is 1. The Labute approximate surface area is 168 Å². The molecule has 1 aromatic carbocycles. The molecule has 2 aromatic heterocycles. The Morgan fingerprint density at radius 2 is 2.11 bits per heavy atom. The van der Waals surface area contributed by atoms with Crippen LogP contribution < -0.4 is 0 Å². The summed E-state index contributed by atoms with van der Waals surface area (Å²) in [5.41, 5.74) is 3.56. The molecule has 4 rings (SSSR count). The van der Waals surface area contributed by atoms with E-state index < -0.39 is 0 Å². The second-order valence-electron chi connectivity index (χ2n) is 7.25. The van der Waals surface area contributed by atoms with Gasteiger partial charge in [-0.05, 0) is 31.2 Å². The van der Waals surface area contributed by atoms with Gasteiger partial charge in [0, 0.05) is 24.0 Å². The van der Waals surface area contributed by atoms with Crippen molar-refractivity contribution in [2.24, 2.45) is 5.92 Å². The van der Waals surface area contributed by atoms with E-state index in [2.05, 4.69) is 53.5 Å². The zero-order valence-electron chi connectivity index (χ0n) is 15.6. The highest BCUT2D eigenvalue weighted by molar-refractivity contribution is 8.00. The molecule has 3 aromatic rings. The van der Waals surface area contributed by atoms with Gasteiger partial charge in [0.05, 0.1) is 11.1 Å². The summed E-state index contributed by atoms with van der Waals surface area (Å²) in [7, 11) is 0. The summed E-state index contributed by atoms with van der Waals surface area (Å²) in [6, 6.07) is 8.52. The van der Waals surface area contributed by atoms with Crippen LogP contribution in [-0.4, -0.2) is 39.6 Å². The number of benzene rings is 1. The number of hydrogen-bond acceptors (Lipinski definition) is 5. The van der Waals surface area contributed by atoms with Gasteiger partial charge in [0.1, 0.15) is 16.2 Å². The fourth-order valence-corrected chi connectivity index (χ4v) is 5.44. The molecular weight excluding hydrogens is 374 g/mol. The van der Waals surface area contributed by atoms with Gasteiger partial charge < -0.3 is 4.90 Å². The maximum Gasteiger partial charge on any atom is 0.232 e. The lowest BCUT2D eigenvalue weighted by Gasteiger charge is -2.30. The van der Waals surface area contributed by atoms with Crippen LogP contribution in [0, 0.1) is 12.8 Å². The van der Waals surface area contributed by atoms with Gasteiger partial charge in [-0.25, -0.2) is 9.97 Å². The van der Waals surface area contributed by atoms with Crippen LogP contribution in [0.1, 0.15) is 25.3 Å². The Hall–Kier alpha value is -1.92. The average molecular weight is 398 g/mol. The van der Waals surface area contributed by atoms with Crippen molar-refractivity contribution in [3.63, 3.8) is 0 Å². The maximum atomic E-state index is 12.6. The number of aryl methyl sites for hydroxylation is 1. The zero-order valence-corrected chi connectivity index (χ0v) is 17.3. The summed E-state index contributed by atoms with van der Waals surface area (Å²) >= 11 is 3.16. The average Bonchev–Trinajstić information content (AvgIpc) is 3.11. The normalized spacial score (nSPS) is 17.4. The Bertz CT molecular complexity index is 952. The molecule has 1 unspecified atom stereocenters. The largest absolute Gasteiger partial charge is 0.342 e. The number of aromatic nitrogens is 2. The highest BCUT2D eigenvalue weighted by Crippen LogP contribution is 2.38. The molecule has 1 aliphatic rings. The lowest BCUT2D eigenvalue weighted by atomic mass is 10.0. The van der Waals surface area contributed by atoms with E-state index in [1.54, 1.807) is 17.7 Å². The van der Waals surface area contributed by atoms with Gasteiger partial charge in [-0.2, -0.15) is 0 Å². The number of thiophene rings is 1. The number of carbonyl (C=O) groups is 1. The third-order valence-electron chi connectivity index (χ3n) is 5.04. The number of likely N-dealkylation sites (tertiary alicyclic amines) is 1. The van der Waals surface area contributed by atoms with Crippen molar-refractivity contribution in [1.82, 2.24) is 14.9 Å². The Balaban J connectivity index is 1.57. The van der Waals surface area contributed by atoms with E-state index in [9.17, 15) is 4.79 Å². The molecule has 1 atom stereocenters. The van der Waals surface area contributed by atoms with E-state index in [4.69, 9.17) is 0 Å². The summed E-state index contributed by atoms with van der Waals surface area (Å²) in [6.07, 6.45) is 3.93. The summed E-state index contributed by atoms with van der Waals surface area (Å²) in [6.45, 7) is 6.08. The van der Waals surface area contributed by atoms with Crippen LogP contribution in [0.5, 0.6) is 0 Å². The first kappa shape index (κ1) is 18.4.